The van der Waals surface area contributed by atoms with Crippen LogP contribution in [-0.2, 0) is 17.4 Å². The maximum absolute atomic E-state index is 3.84. The van der Waals surface area contributed by atoms with Gasteiger partial charge < -0.3 is 4.90 Å². The predicted molar refractivity (Wildman–Crippen MR) is 128 cm³/mol. The highest BCUT2D eigenvalue weighted by Gasteiger charge is 2.55. The smallest absolute Gasteiger partial charge is 0.0472 e. The Balaban J connectivity index is 1.91. The molecular formula is C27H29NS. The van der Waals surface area contributed by atoms with E-state index < -0.39 is 0 Å². The molecule has 0 bridgehead atoms. The van der Waals surface area contributed by atoms with Gasteiger partial charge in [-0.15, -0.1) is 0 Å². The first-order valence-electron chi connectivity index (χ1n) is 10.4. The third-order valence-electron chi connectivity index (χ3n) is 7.60. The normalized spacial score (nSPS) is 22.7. The second-order valence-corrected chi connectivity index (χ2v) is 10.4. The van der Waals surface area contributed by atoms with E-state index in [1.807, 2.05) is 23.9 Å². The molecule has 0 spiro atoms. The minimum Gasteiger partial charge on any atom is -0.300 e. The fourth-order valence-electron chi connectivity index (χ4n) is 5.20. The zero-order valence-electron chi connectivity index (χ0n) is 18.3. The van der Waals surface area contributed by atoms with Crippen molar-refractivity contribution >= 4 is 34.7 Å². The Labute approximate surface area is 178 Å². The monoisotopic (exact) mass is 399 g/mol. The molecule has 0 saturated heterocycles. The number of thioether (sulfide) groups is 1. The SMILES string of the molecule is C=C/C=C\C=c1/c2c(c3ccc(C(C)(C)N(C)C)c4c3c1=CC4)SC1=C(C)C12C. The van der Waals surface area contributed by atoms with Crippen LogP contribution in [0.4, 0.5) is 0 Å². The Bertz CT molecular complexity index is 1290. The summed E-state index contributed by atoms with van der Waals surface area (Å²) in [6.45, 7) is 13.2. The molecule has 0 N–H and O–H groups in total. The minimum atomic E-state index is 0.00495. The van der Waals surface area contributed by atoms with E-state index in [2.05, 4.69) is 83.6 Å². The van der Waals surface area contributed by atoms with Crippen LogP contribution in [-0.4, -0.2) is 19.0 Å². The van der Waals surface area contributed by atoms with Gasteiger partial charge in [-0.1, -0.05) is 60.9 Å². The molecule has 5 rings (SSSR count). The van der Waals surface area contributed by atoms with Gasteiger partial charge in [-0.3, -0.25) is 0 Å². The second-order valence-electron chi connectivity index (χ2n) is 9.38. The summed E-state index contributed by atoms with van der Waals surface area (Å²) in [5.74, 6) is 0. The standard InChI is InChI=1S/C27H29NS/c1-8-9-10-11-18-17-12-13-19-21(26(3,4)28(6)7)15-14-20(22(17)19)24-23(18)27(5)16(2)25(27)29-24/h8-12,14-15H,1,13H2,2-7H3/b10-9-,18-11-. The van der Waals surface area contributed by atoms with Gasteiger partial charge in [0.15, 0.2) is 0 Å². The van der Waals surface area contributed by atoms with Crippen LogP contribution in [0.2, 0.25) is 0 Å². The van der Waals surface area contributed by atoms with Crippen LogP contribution in [0.5, 0.6) is 0 Å². The molecule has 1 atom stereocenters. The molecule has 0 amide bonds. The third-order valence-corrected chi connectivity index (χ3v) is 9.14. The number of fused-ring (bicyclic) bond motifs is 4. The number of benzene rings is 2. The summed E-state index contributed by atoms with van der Waals surface area (Å²) in [6, 6.07) is 4.78. The zero-order chi connectivity index (χ0) is 20.7. The molecule has 0 fully saturated rings. The van der Waals surface area contributed by atoms with Gasteiger partial charge in [-0.2, -0.15) is 0 Å². The number of nitrogens with zero attached hydrogens (tertiary/aromatic N) is 1. The van der Waals surface area contributed by atoms with Crippen molar-refractivity contribution in [3.8, 4) is 0 Å². The quantitative estimate of drug-likeness (QED) is 0.655. The molecular weight excluding hydrogens is 370 g/mol. The van der Waals surface area contributed by atoms with Gasteiger partial charge in [0.2, 0.25) is 0 Å². The summed E-state index contributed by atoms with van der Waals surface area (Å²) < 4.78 is 0. The molecule has 0 saturated carbocycles. The highest BCUT2D eigenvalue weighted by atomic mass is 32.2. The number of hydrogen-bond acceptors (Lipinski definition) is 2. The van der Waals surface area contributed by atoms with Crippen LogP contribution in [0.25, 0.3) is 22.9 Å². The topological polar surface area (TPSA) is 3.24 Å². The molecule has 1 aliphatic heterocycles. The second kappa shape index (κ2) is 6.00. The highest BCUT2D eigenvalue weighted by molar-refractivity contribution is 8.04. The van der Waals surface area contributed by atoms with Crippen LogP contribution in [0.3, 0.4) is 0 Å². The Morgan fingerprint density at radius 1 is 1.21 bits per heavy atom. The van der Waals surface area contributed by atoms with Crippen LogP contribution < -0.4 is 10.4 Å². The van der Waals surface area contributed by atoms with Gasteiger partial charge in [0.05, 0.1) is 0 Å². The van der Waals surface area contributed by atoms with Crippen molar-refractivity contribution in [3.05, 3.63) is 74.5 Å². The first-order chi connectivity index (χ1) is 13.7. The largest absolute Gasteiger partial charge is 0.300 e. The van der Waals surface area contributed by atoms with E-state index in [-0.39, 0.29) is 11.0 Å². The molecule has 2 aromatic carbocycles. The zero-order valence-corrected chi connectivity index (χ0v) is 19.1. The summed E-state index contributed by atoms with van der Waals surface area (Å²) in [5, 5.41) is 5.76. The van der Waals surface area contributed by atoms with Crippen LogP contribution in [0.1, 0.15) is 44.4 Å². The third kappa shape index (κ3) is 2.28. The van der Waals surface area contributed by atoms with E-state index in [0.717, 1.165) is 6.42 Å². The van der Waals surface area contributed by atoms with E-state index in [1.165, 1.54) is 42.8 Å². The highest BCUT2D eigenvalue weighted by Crippen LogP contribution is 2.68. The summed E-state index contributed by atoms with van der Waals surface area (Å²) in [6.07, 6.45) is 11.8. The molecule has 29 heavy (non-hydrogen) atoms. The first kappa shape index (κ1) is 19.0. The molecule has 1 unspecified atom stereocenters. The van der Waals surface area contributed by atoms with Crippen LogP contribution >= 0.6 is 11.8 Å². The molecule has 2 aromatic rings. The Hall–Kier alpha value is -2.03. The van der Waals surface area contributed by atoms with Gasteiger partial charge in [-0.05, 0) is 91.7 Å². The molecule has 3 aliphatic rings. The van der Waals surface area contributed by atoms with E-state index >= 15 is 0 Å². The maximum atomic E-state index is 3.84. The molecule has 2 heteroatoms. The van der Waals surface area contributed by atoms with Crippen molar-refractivity contribution in [2.45, 2.75) is 50.0 Å². The molecule has 2 aliphatic carbocycles. The van der Waals surface area contributed by atoms with Crippen molar-refractivity contribution in [3.63, 3.8) is 0 Å². The molecule has 1 nitrogen and oxygen atoms in total. The summed E-state index contributed by atoms with van der Waals surface area (Å²) >= 11 is 2.01. The summed E-state index contributed by atoms with van der Waals surface area (Å²) in [5.41, 5.74) is 6.19. The van der Waals surface area contributed by atoms with Gasteiger partial charge in [0.1, 0.15) is 0 Å². The van der Waals surface area contributed by atoms with E-state index in [4.69, 9.17) is 0 Å². The Morgan fingerprint density at radius 3 is 2.66 bits per heavy atom. The lowest BCUT2D eigenvalue weighted by Crippen LogP contribution is -2.36. The minimum absolute atomic E-state index is 0.00495. The van der Waals surface area contributed by atoms with Gasteiger partial charge in [-0.25, -0.2) is 0 Å². The fraction of sp³-hybridized carbons (Fsp3) is 0.333. The van der Waals surface area contributed by atoms with E-state index in [9.17, 15) is 0 Å². The molecule has 0 radical (unpaired) electrons. The van der Waals surface area contributed by atoms with Crippen molar-refractivity contribution < 1.29 is 0 Å². The Morgan fingerprint density at radius 2 is 1.97 bits per heavy atom. The number of rotatable bonds is 4. The van der Waals surface area contributed by atoms with E-state index in [1.54, 1.807) is 10.5 Å². The maximum Gasteiger partial charge on any atom is 0.0472 e. The van der Waals surface area contributed by atoms with Gasteiger partial charge in [0, 0.05) is 20.8 Å². The van der Waals surface area contributed by atoms with Crippen molar-refractivity contribution in [2.75, 3.05) is 14.1 Å². The lowest BCUT2D eigenvalue weighted by atomic mass is 9.84. The van der Waals surface area contributed by atoms with Crippen molar-refractivity contribution in [2.24, 2.45) is 0 Å². The van der Waals surface area contributed by atoms with Crippen LogP contribution in [0.15, 0.2) is 52.3 Å². The molecule has 0 aromatic heterocycles. The molecule has 148 valence electrons. The molecule has 1 heterocycles. The lowest BCUT2D eigenvalue weighted by molar-refractivity contribution is 0.197. The van der Waals surface area contributed by atoms with E-state index in [0.29, 0.717) is 0 Å². The fourth-order valence-corrected chi connectivity index (χ4v) is 6.86. The average Bonchev–Trinajstić information content (AvgIpc) is 3.04. The van der Waals surface area contributed by atoms with Gasteiger partial charge >= 0.3 is 0 Å². The predicted octanol–water partition coefficient (Wildman–Crippen LogP) is 5.15. The summed E-state index contributed by atoms with van der Waals surface area (Å²) in [7, 11) is 4.36. The number of hydrogen-bond donors (Lipinski definition) is 0. The first-order valence-corrected chi connectivity index (χ1v) is 11.3. The van der Waals surface area contributed by atoms with Gasteiger partial charge in [0.25, 0.3) is 0 Å². The number of allylic oxidation sites excluding steroid dienone is 5. The van der Waals surface area contributed by atoms with Crippen molar-refractivity contribution in [1.82, 2.24) is 4.90 Å². The lowest BCUT2D eigenvalue weighted by Gasteiger charge is -2.35. The average molecular weight is 400 g/mol. The van der Waals surface area contributed by atoms with Crippen LogP contribution in [0, 0.1) is 0 Å². The summed E-state index contributed by atoms with van der Waals surface area (Å²) in [4.78, 5) is 5.37. The Kier molecular flexibility index (Phi) is 3.92. The van der Waals surface area contributed by atoms with Crippen molar-refractivity contribution in [1.29, 1.82) is 0 Å².